The fourth-order valence-corrected chi connectivity index (χ4v) is 2.42. The molecular weight excluding hydrogens is 471 g/mol. The van der Waals surface area contributed by atoms with Gasteiger partial charge < -0.3 is 25.8 Å². The molecule has 0 saturated heterocycles. The fraction of sp³-hybridized carbons (Fsp3) is 0.300. The van der Waals surface area contributed by atoms with Crippen molar-refractivity contribution in [3.63, 3.8) is 0 Å². The number of methoxy groups -OCH3 is 2. The lowest BCUT2D eigenvalue weighted by atomic mass is 10.1. The van der Waals surface area contributed by atoms with Crippen LogP contribution < -0.4 is 25.8 Å². The summed E-state index contributed by atoms with van der Waals surface area (Å²) in [7, 11) is 3.17. The Balaban J connectivity index is 0.00000392. The number of amides is 1. The van der Waals surface area contributed by atoms with Crippen LogP contribution in [-0.2, 0) is 6.54 Å². The quantitative estimate of drug-likeness (QED) is 0.295. The molecule has 0 atom stereocenters. The predicted octanol–water partition coefficient (Wildman–Crippen LogP) is 3.39. The number of guanidine groups is 1. The molecule has 28 heavy (non-hydrogen) atoms. The first-order valence-electron chi connectivity index (χ1n) is 8.73. The molecule has 0 spiro atoms. The minimum Gasteiger partial charge on any atom is -0.497 e. The molecule has 0 heterocycles. The van der Waals surface area contributed by atoms with Crippen molar-refractivity contribution in [3.05, 3.63) is 53.6 Å². The number of anilines is 1. The Kier molecular flexibility index (Phi) is 10.1. The molecule has 8 heteroatoms. The minimum absolute atomic E-state index is 0. The molecule has 2 aromatic rings. The third kappa shape index (κ3) is 6.91. The maximum absolute atomic E-state index is 12.1. The second-order valence-electron chi connectivity index (χ2n) is 5.85. The topological polar surface area (TPSA) is 98.0 Å². The molecule has 0 radical (unpaired) electrons. The number of nitrogens with zero attached hydrogens (tertiary/aromatic N) is 1. The molecule has 0 unspecified atom stereocenters. The first-order chi connectivity index (χ1) is 13.1. The molecule has 4 N–H and O–H groups in total. The Morgan fingerprint density at radius 2 is 1.93 bits per heavy atom. The monoisotopic (exact) mass is 498 g/mol. The van der Waals surface area contributed by atoms with Crippen LogP contribution in [0.4, 0.5) is 5.69 Å². The molecule has 7 nitrogen and oxygen atoms in total. The molecule has 152 valence electrons. The van der Waals surface area contributed by atoms with Crippen molar-refractivity contribution < 1.29 is 14.3 Å². The van der Waals surface area contributed by atoms with Gasteiger partial charge in [0.15, 0.2) is 5.96 Å². The average molecular weight is 498 g/mol. The second-order valence-corrected chi connectivity index (χ2v) is 5.85. The first-order valence-corrected chi connectivity index (χ1v) is 8.73. The first kappa shape index (κ1) is 23.5. The largest absolute Gasteiger partial charge is 0.497 e. The van der Waals surface area contributed by atoms with E-state index in [0.29, 0.717) is 35.8 Å². The van der Waals surface area contributed by atoms with E-state index in [0.717, 1.165) is 12.0 Å². The van der Waals surface area contributed by atoms with Crippen LogP contribution in [-0.4, -0.2) is 32.6 Å². The van der Waals surface area contributed by atoms with Crippen LogP contribution in [0.3, 0.4) is 0 Å². The summed E-state index contributed by atoms with van der Waals surface area (Å²) in [6.07, 6.45) is 0.895. The Bertz CT molecular complexity index is 812. The Hall–Kier alpha value is -2.49. The Morgan fingerprint density at radius 1 is 1.14 bits per heavy atom. The van der Waals surface area contributed by atoms with E-state index in [4.69, 9.17) is 15.2 Å². The van der Waals surface area contributed by atoms with Gasteiger partial charge in [0.05, 0.1) is 26.5 Å². The number of halogens is 1. The maximum Gasteiger partial charge on any atom is 0.251 e. The molecule has 0 saturated carbocycles. The van der Waals surface area contributed by atoms with Crippen molar-refractivity contribution in [2.45, 2.75) is 19.9 Å². The van der Waals surface area contributed by atoms with Crippen molar-refractivity contribution >= 4 is 41.5 Å². The minimum atomic E-state index is -0.0881. The summed E-state index contributed by atoms with van der Waals surface area (Å²) in [6.45, 7) is 3.01. The normalized spacial score (nSPS) is 10.6. The Labute approximate surface area is 182 Å². The SMILES string of the molecule is CCCNC(=O)c1cccc(CN=C(N)Nc2cc(OC)ccc2OC)c1.I. The number of aliphatic imine (C=N–C) groups is 1. The van der Waals surface area contributed by atoms with Crippen LogP contribution in [0.25, 0.3) is 0 Å². The molecule has 0 aliphatic carbocycles. The number of ether oxygens (including phenoxy) is 2. The number of hydrogen-bond donors (Lipinski definition) is 3. The average Bonchev–Trinajstić information content (AvgIpc) is 2.70. The number of benzene rings is 2. The number of hydrogen-bond acceptors (Lipinski definition) is 4. The molecule has 1 amide bonds. The van der Waals surface area contributed by atoms with Crippen LogP contribution in [0, 0.1) is 0 Å². The van der Waals surface area contributed by atoms with Gasteiger partial charge in [-0.1, -0.05) is 19.1 Å². The highest BCUT2D eigenvalue weighted by Gasteiger charge is 2.07. The van der Waals surface area contributed by atoms with E-state index in [9.17, 15) is 4.79 Å². The van der Waals surface area contributed by atoms with Crippen molar-refractivity contribution in [2.24, 2.45) is 10.7 Å². The number of nitrogens with two attached hydrogens (primary N) is 1. The van der Waals surface area contributed by atoms with E-state index >= 15 is 0 Å². The van der Waals surface area contributed by atoms with E-state index in [2.05, 4.69) is 15.6 Å². The van der Waals surface area contributed by atoms with Gasteiger partial charge in [0.1, 0.15) is 11.5 Å². The summed E-state index contributed by atoms with van der Waals surface area (Å²) in [5, 5.41) is 5.87. The number of rotatable bonds is 8. The highest BCUT2D eigenvalue weighted by atomic mass is 127. The van der Waals surface area contributed by atoms with E-state index in [1.807, 2.05) is 25.1 Å². The Morgan fingerprint density at radius 3 is 2.61 bits per heavy atom. The van der Waals surface area contributed by atoms with E-state index in [-0.39, 0.29) is 35.8 Å². The fourth-order valence-electron chi connectivity index (χ4n) is 2.42. The molecule has 0 bridgehead atoms. The van der Waals surface area contributed by atoms with Crippen LogP contribution >= 0.6 is 24.0 Å². The molecule has 0 aromatic heterocycles. The van der Waals surface area contributed by atoms with Crippen molar-refractivity contribution in [3.8, 4) is 11.5 Å². The zero-order chi connectivity index (χ0) is 19.6. The van der Waals surface area contributed by atoms with Gasteiger partial charge in [-0.05, 0) is 36.2 Å². The van der Waals surface area contributed by atoms with Crippen LogP contribution in [0.15, 0.2) is 47.5 Å². The highest BCUT2D eigenvalue weighted by molar-refractivity contribution is 14.0. The van der Waals surface area contributed by atoms with Gasteiger partial charge in [0.2, 0.25) is 0 Å². The van der Waals surface area contributed by atoms with Gasteiger partial charge in [0, 0.05) is 18.2 Å². The van der Waals surface area contributed by atoms with Gasteiger partial charge in [-0.3, -0.25) is 4.79 Å². The maximum atomic E-state index is 12.1. The molecule has 0 fully saturated rings. The zero-order valence-electron chi connectivity index (χ0n) is 16.3. The third-order valence-electron chi connectivity index (χ3n) is 3.83. The van der Waals surface area contributed by atoms with Crippen molar-refractivity contribution in [2.75, 3.05) is 26.1 Å². The van der Waals surface area contributed by atoms with Gasteiger partial charge in [-0.2, -0.15) is 0 Å². The van der Waals surface area contributed by atoms with Crippen LogP contribution in [0.2, 0.25) is 0 Å². The summed E-state index contributed by atoms with van der Waals surface area (Å²) in [5.74, 6) is 1.46. The number of carbonyl (C=O) groups excluding carboxylic acids is 1. The molecule has 0 aliphatic rings. The lowest BCUT2D eigenvalue weighted by molar-refractivity contribution is 0.0953. The van der Waals surface area contributed by atoms with E-state index < -0.39 is 0 Å². The number of nitrogens with one attached hydrogen (secondary N) is 2. The summed E-state index contributed by atoms with van der Waals surface area (Å²) >= 11 is 0. The summed E-state index contributed by atoms with van der Waals surface area (Å²) in [4.78, 5) is 16.4. The van der Waals surface area contributed by atoms with Gasteiger partial charge in [-0.15, -0.1) is 24.0 Å². The summed E-state index contributed by atoms with van der Waals surface area (Å²) < 4.78 is 10.5. The molecule has 0 aliphatic heterocycles. The lowest BCUT2D eigenvalue weighted by Gasteiger charge is -2.12. The lowest BCUT2D eigenvalue weighted by Crippen LogP contribution is -2.24. The number of carbonyl (C=O) groups is 1. The second kappa shape index (κ2) is 12.1. The van der Waals surface area contributed by atoms with Gasteiger partial charge in [0.25, 0.3) is 5.91 Å². The molecular formula is C20H27IN4O3. The zero-order valence-corrected chi connectivity index (χ0v) is 18.7. The van der Waals surface area contributed by atoms with Gasteiger partial charge in [-0.25, -0.2) is 4.99 Å². The molecule has 2 aromatic carbocycles. The van der Waals surface area contributed by atoms with Crippen molar-refractivity contribution in [1.82, 2.24) is 5.32 Å². The predicted molar refractivity (Wildman–Crippen MR) is 123 cm³/mol. The summed E-state index contributed by atoms with van der Waals surface area (Å²) in [6, 6.07) is 12.7. The van der Waals surface area contributed by atoms with Crippen molar-refractivity contribution in [1.29, 1.82) is 0 Å². The van der Waals surface area contributed by atoms with E-state index in [1.54, 1.807) is 38.5 Å². The summed E-state index contributed by atoms with van der Waals surface area (Å²) in [5.41, 5.74) is 8.15. The van der Waals surface area contributed by atoms with Crippen LogP contribution in [0.5, 0.6) is 11.5 Å². The standard InChI is InChI=1S/C20H26N4O3.HI/c1-4-10-22-19(25)15-7-5-6-14(11-15)13-23-20(21)24-17-12-16(26-2)8-9-18(17)27-3;/h5-9,11-12H,4,10,13H2,1-3H3,(H,22,25)(H3,21,23,24);1H. The smallest absolute Gasteiger partial charge is 0.251 e. The molecule has 2 rings (SSSR count). The highest BCUT2D eigenvalue weighted by Crippen LogP contribution is 2.28. The van der Waals surface area contributed by atoms with Crippen LogP contribution in [0.1, 0.15) is 29.3 Å². The third-order valence-corrected chi connectivity index (χ3v) is 3.83. The van der Waals surface area contributed by atoms with Gasteiger partial charge >= 0.3 is 0 Å². The van der Waals surface area contributed by atoms with E-state index in [1.165, 1.54) is 0 Å².